The van der Waals surface area contributed by atoms with E-state index in [0.717, 1.165) is 6.42 Å². The molecule has 0 bridgehead atoms. The standard InChI is InChI=1S/C7H16O.C3H7NO.C2H6/c1-3-4-5-6-7(2)8;1-3(5)4-2;1-2/h7-8H,3-6H2,1-2H3;1-2H3,(H,4,5);1-2H3. The highest BCUT2D eigenvalue weighted by atomic mass is 16.3. The summed E-state index contributed by atoms with van der Waals surface area (Å²) < 4.78 is 0. The van der Waals surface area contributed by atoms with Crippen LogP contribution in [0.5, 0.6) is 0 Å². The van der Waals surface area contributed by atoms with Gasteiger partial charge in [0, 0.05) is 14.0 Å². The first-order valence-corrected chi connectivity index (χ1v) is 5.91. The number of hydrogen-bond acceptors (Lipinski definition) is 2. The highest BCUT2D eigenvalue weighted by molar-refractivity contribution is 5.72. The first-order chi connectivity index (χ1) is 7.04. The van der Waals surface area contributed by atoms with E-state index in [-0.39, 0.29) is 12.0 Å². The Morgan fingerprint density at radius 1 is 1.33 bits per heavy atom. The molecule has 3 nitrogen and oxygen atoms in total. The zero-order valence-corrected chi connectivity index (χ0v) is 11.3. The Labute approximate surface area is 95.3 Å². The van der Waals surface area contributed by atoms with E-state index in [1.54, 1.807) is 7.05 Å². The maximum Gasteiger partial charge on any atom is 0.216 e. The summed E-state index contributed by atoms with van der Waals surface area (Å²) in [5.41, 5.74) is 0. The molecular formula is C12H29NO2. The molecule has 1 unspecified atom stereocenters. The van der Waals surface area contributed by atoms with Gasteiger partial charge in [-0.25, -0.2) is 0 Å². The van der Waals surface area contributed by atoms with Gasteiger partial charge in [-0.2, -0.15) is 0 Å². The third-order valence-corrected chi connectivity index (χ3v) is 1.58. The van der Waals surface area contributed by atoms with Crippen LogP contribution in [0.1, 0.15) is 60.3 Å². The number of unbranched alkanes of at least 4 members (excludes halogenated alkanes) is 2. The zero-order valence-electron chi connectivity index (χ0n) is 11.3. The van der Waals surface area contributed by atoms with Crippen molar-refractivity contribution in [3.05, 3.63) is 0 Å². The molecule has 0 saturated carbocycles. The number of hydrogen-bond donors (Lipinski definition) is 2. The van der Waals surface area contributed by atoms with Crippen LogP contribution >= 0.6 is 0 Å². The van der Waals surface area contributed by atoms with Gasteiger partial charge in [0.1, 0.15) is 0 Å². The van der Waals surface area contributed by atoms with E-state index in [4.69, 9.17) is 5.11 Å². The smallest absolute Gasteiger partial charge is 0.216 e. The molecule has 3 heteroatoms. The van der Waals surface area contributed by atoms with Crippen molar-refractivity contribution >= 4 is 5.91 Å². The lowest BCUT2D eigenvalue weighted by atomic mass is 10.1. The molecule has 0 aliphatic carbocycles. The minimum Gasteiger partial charge on any atom is -0.393 e. The van der Waals surface area contributed by atoms with Crippen LogP contribution in [0.25, 0.3) is 0 Å². The van der Waals surface area contributed by atoms with E-state index in [2.05, 4.69) is 12.2 Å². The van der Waals surface area contributed by atoms with Crippen LogP contribution in [0.4, 0.5) is 0 Å². The second-order valence-electron chi connectivity index (χ2n) is 3.15. The van der Waals surface area contributed by atoms with Crippen molar-refractivity contribution in [3.63, 3.8) is 0 Å². The van der Waals surface area contributed by atoms with Gasteiger partial charge < -0.3 is 10.4 Å². The minimum absolute atomic E-state index is 0.00463. The van der Waals surface area contributed by atoms with Crippen molar-refractivity contribution in [3.8, 4) is 0 Å². The summed E-state index contributed by atoms with van der Waals surface area (Å²) in [4.78, 5) is 9.70. The van der Waals surface area contributed by atoms with Crippen molar-refractivity contribution in [2.45, 2.75) is 66.4 Å². The highest BCUT2D eigenvalue weighted by Gasteiger charge is 1.92. The number of carbonyl (C=O) groups excluding carboxylic acids is 1. The molecule has 0 fully saturated rings. The normalized spacial score (nSPS) is 10.1. The van der Waals surface area contributed by atoms with Crippen molar-refractivity contribution in [2.75, 3.05) is 7.05 Å². The van der Waals surface area contributed by atoms with Crippen molar-refractivity contribution in [1.29, 1.82) is 0 Å². The van der Waals surface area contributed by atoms with Crippen molar-refractivity contribution < 1.29 is 9.90 Å². The molecule has 0 heterocycles. The van der Waals surface area contributed by atoms with Crippen LogP contribution in [0.15, 0.2) is 0 Å². The average Bonchev–Trinajstić information content (AvgIpc) is 2.21. The van der Waals surface area contributed by atoms with Gasteiger partial charge in [0.25, 0.3) is 0 Å². The summed E-state index contributed by atoms with van der Waals surface area (Å²) >= 11 is 0. The number of aliphatic hydroxyl groups is 1. The Morgan fingerprint density at radius 2 is 1.73 bits per heavy atom. The maximum absolute atomic E-state index is 9.70. The Balaban J connectivity index is -0.000000177. The molecule has 1 amide bonds. The van der Waals surface area contributed by atoms with Gasteiger partial charge in [0.05, 0.1) is 6.10 Å². The van der Waals surface area contributed by atoms with E-state index in [0.29, 0.717) is 0 Å². The summed E-state index contributed by atoms with van der Waals surface area (Å²) in [6.45, 7) is 9.48. The number of amides is 1. The van der Waals surface area contributed by atoms with Crippen LogP contribution < -0.4 is 5.32 Å². The van der Waals surface area contributed by atoms with Gasteiger partial charge in [-0.1, -0.05) is 40.0 Å². The number of carbonyl (C=O) groups is 1. The predicted molar refractivity (Wildman–Crippen MR) is 66.9 cm³/mol. The summed E-state index contributed by atoms with van der Waals surface area (Å²) in [5.74, 6) is 0.00463. The van der Waals surface area contributed by atoms with Gasteiger partial charge in [-0.05, 0) is 13.3 Å². The van der Waals surface area contributed by atoms with Crippen molar-refractivity contribution in [1.82, 2.24) is 5.32 Å². The fourth-order valence-electron chi connectivity index (χ4n) is 0.690. The number of aliphatic hydroxyl groups excluding tert-OH is 1. The summed E-state index contributed by atoms with van der Waals surface area (Å²) in [7, 11) is 1.60. The third kappa shape index (κ3) is 42.4. The maximum atomic E-state index is 9.70. The van der Waals surface area contributed by atoms with Crippen LogP contribution in [-0.4, -0.2) is 24.2 Å². The Kier molecular flexibility index (Phi) is 25.3. The lowest BCUT2D eigenvalue weighted by molar-refractivity contribution is -0.118. The lowest BCUT2D eigenvalue weighted by Crippen LogP contribution is -2.11. The summed E-state index contributed by atoms with van der Waals surface area (Å²) in [6.07, 6.45) is 4.54. The molecule has 0 saturated heterocycles. The molecule has 0 aliphatic rings. The Morgan fingerprint density at radius 3 is 1.93 bits per heavy atom. The quantitative estimate of drug-likeness (QED) is 0.714. The average molecular weight is 219 g/mol. The molecule has 0 radical (unpaired) electrons. The van der Waals surface area contributed by atoms with E-state index in [1.165, 1.54) is 26.2 Å². The third-order valence-electron chi connectivity index (χ3n) is 1.58. The molecule has 0 aliphatic heterocycles. The zero-order chi connectivity index (χ0) is 12.7. The van der Waals surface area contributed by atoms with Crippen LogP contribution in [0.3, 0.4) is 0 Å². The highest BCUT2D eigenvalue weighted by Crippen LogP contribution is 2.01. The predicted octanol–water partition coefficient (Wildman–Crippen LogP) is 2.73. The fourth-order valence-corrected chi connectivity index (χ4v) is 0.690. The topological polar surface area (TPSA) is 49.3 Å². The largest absolute Gasteiger partial charge is 0.393 e. The van der Waals surface area contributed by atoms with Crippen LogP contribution in [0.2, 0.25) is 0 Å². The van der Waals surface area contributed by atoms with E-state index < -0.39 is 0 Å². The molecular weight excluding hydrogens is 190 g/mol. The first-order valence-electron chi connectivity index (χ1n) is 5.91. The molecule has 2 N–H and O–H groups in total. The molecule has 0 aromatic carbocycles. The second-order valence-corrected chi connectivity index (χ2v) is 3.15. The second kappa shape index (κ2) is 19.1. The van der Waals surface area contributed by atoms with Gasteiger partial charge in [0.2, 0.25) is 5.91 Å². The molecule has 0 spiro atoms. The van der Waals surface area contributed by atoms with E-state index in [9.17, 15) is 4.79 Å². The SMILES string of the molecule is CC.CCCCCC(C)O.CNC(C)=O. The molecule has 15 heavy (non-hydrogen) atoms. The van der Waals surface area contributed by atoms with Crippen LogP contribution in [0, 0.1) is 0 Å². The number of rotatable bonds is 4. The summed E-state index contributed by atoms with van der Waals surface area (Å²) in [5, 5.41) is 11.2. The number of nitrogens with one attached hydrogen (secondary N) is 1. The van der Waals surface area contributed by atoms with Gasteiger partial charge in [-0.15, -0.1) is 0 Å². The van der Waals surface area contributed by atoms with Gasteiger partial charge >= 0.3 is 0 Å². The minimum atomic E-state index is -0.0958. The Bertz CT molecular complexity index is 114. The van der Waals surface area contributed by atoms with E-state index >= 15 is 0 Å². The van der Waals surface area contributed by atoms with E-state index in [1.807, 2.05) is 20.8 Å². The summed E-state index contributed by atoms with van der Waals surface area (Å²) in [6, 6.07) is 0. The Hall–Kier alpha value is -0.570. The fraction of sp³-hybridized carbons (Fsp3) is 0.917. The molecule has 0 rings (SSSR count). The van der Waals surface area contributed by atoms with Crippen molar-refractivity contribution in [2.24, 2.45) is 0 Å². The first kappa shape index (κ1) is 19.9. The molecule has 94 valence electrons. The monoisotopic (exact) mass is 219 g/mol. The lowest BCUT2D eigenvalue weighted by Gasteiger charge is -2.00. The molecule has 0 aromatic heterocycles. The van der Waals surface area contributed by atoms with Gasteiger partial charge in [-0.3, -0.25) is 4.79 Å². The van der Waals surface area contributed by atoms with Crippen LogP contribution in [-0.2, 0) is 4.79 Å². The molecule has 1 atom stereocenters. The van der Waals surface area contributed by atoms with Gasteiger partial charge in [0.15, 0.2) is 0 Å². The molecule has 0 aromatic rings.